The van der Waals surface area contributed by atoms with Gasteiger partial charge in [0.2, 0.25) is 0 Å². The van der Waals surface area contributed by atoms with Gasteiger partial charge in [0.25, 0.3) is 0 Å². The lowest BCUT2D eigenvalue weighted by atomic mass is 10.2. The average Bonchev–Trinajstić information content (AvgIpc) is 2.48. The molecule has 1 aliphatic rings. The lowest BCUT2D eigenvalue weighted by Crippen LogP contribution is -2.47. The van der Waals surface area contributed by atoms with E-state index in [2.05, 4.69) is 9.80 Å². The molecule has 2 rings (SSSR count). The van der Waals surface area contributed by atoms with Crippen LogP contribution in [0.5, 0.6) is 11.5 Å². The van der Waals surface area contributed by atoms with Crippen LogP contribution in [0.3, 0.4) is 0 Å². The standard InChI is InChI=1S/C14H22N2O3/c1-18-12-3-4-13(14(11-12)19-2)16-7-5-15(6-8-16)9-10-17/h3-4,11,17H,5-10H2,1-2H3. The number of hydrogen-bond donors (Lipinski definition) is 1. The highest BCUT2D eigenvalue weighted by atomic mass is 16.5. The molecule has 0 spiro atoms. The Morgan fingerprint density at radius 3 is 2.42 bits per heavy atom. The molecule has 0 aliphatic carbocycles. The first kappa shape index (κ1) is 14.0. The van der Waals surface area contributed by atoms with Crippen LogP contribution in [0.25, 0.3) is 0 Å². The molecule has 1 aromatic rings. The number of rotatable bonds is 5. The second kappa shape index (κ2) is 6.63. The van der Waals surface area contributed by atoms with Crippen molar-refractivity contribution in [3.8, 4) is 11.5 Å². The van der Waals surface area contributed by atoms with Gasteiger partial charge >= 0.3 is 0 Å². The van der Waals surface area contributed by atoms with Crippen LogP contribution in [0.15, 0.2) is 18.2 Å². The van der Waals surface area contributed by atoms with Crippen LogP contribution in [-0.2, 0) is 0 Å². The summed E-state index contributed by atoms with van der Waals surface area (Å²) in [5.41, 5.74) is 1.10. The summed E-state index contributed by atoms with van der Waals surface area (Å²) in [4.78, 5) is 4.58. The Kier molecular flexibility index (Phi) is 4.87. The normalized spacial score (nSPS) is 16.5. The zero-order valence-electron chi connectivity index (χ0n) is 11.6. The highest BCUT2D eigenvalue weighted by Gasteiger charge is 2.19. The van der Waals surface area contributed by atoms with Crippen LogP contribution < -0.4 is 14.4 Å². The van der Waals surface area contributed by atoms with E-state index in [9.17, 15) is 0 Å². The van der Waals surface area contributed by atoms with E-state index in [-0.39, 0.29) is 6.61 Å². The maximum atomic E-state index is 8.95. The summed E-state index contributed by atoms with van der Waals surface area (Å²) in [5.74, 6) is 1.65. The molecule has 0 radical (unpaired) electrons. The fourth-order valence-corrected chi connectivity index (χ4v) is 2.40. The van der Waals surface area contributed by atoms with E-state index in [4.69, 9.17) is 14.6 Å². The quantitative estimate of drug-likeness (QED) is 0.855. The second-order valence-electron chi connectivity index (χ2n) is 4.59. The molecule has 1 aliphatic heterocycles. The number of nitrogens with zero attached hydrogens (tertiary/aromatic N) is 2. The molecule has 1 N–H and O–H groups in total. The Bertz CT molecular complexity index is 404. The van der Waals surface area contributed by atoms with Crippen molar-refractivity contribution in [1.29, 1.82) is 0 Å². The first-order valence-electron chi connectivity index (χ1n) is 6.58. The van der Waals surface area contributed by atoms with Crippen molar-refractivity contribution in [3.05, 3.63) is 18.2 Å². The summed E-state index contributed by atoms with van der Waals surface area (Å²) < 4.78 is 10.7. The second-order valence-corrected chi connectivity index (χ2v) is 4.59. The van der Waals surface area contributed by atoms with Crippen LogP contribution >= 0.6 is 0 Å². The van der Waals surface area contributed by atoms with Gasteiger partial charge in [-0.1, -0.05) is 0 Å². The molecule has 19 heavy (non-hydrogen) atoms. The SMILES string of the molecule is COc1ccc(N2CCN(CCO)CC2)c(OC)c1. The summed E-state index contributed by atoms with van der Waals surface area (Å²) in [6.07, 6.45) is 0. The van der Waals surface area contributed by atoms with Crippen molar-refractivity contribution in [1.82, 2.24) is 4.90 Å². The van der Waals surface area contributed by atoms with Crippen LogP contribution in [-0.4, -0.2) is 63.6 Å². The van der Waals surface area contributed by atoms with Gasteiger partial charge < -0.3 is 19.5 Å². The molecule has 0 atom stereocenters. The zero-order valence-corrected chi connectivity index (χ0v) is 11.6. The molecular formula is C14H22N2O3. The summed E-state index contributed by atoms with van der Waals surface area (Å²) in [7, 11) is 3.34. The monoisotopic (exact) mass is 266 g/mol. The molecule has 0 saturated carbocycles. The largest absolute Gasteiger partial charge is 0.497 e. The smallest absolute Gasteiger partial charge is 0.145 e. The summed E-state index contributed by atoms with van der Waals surface area (Å²) in [5, 5.41) is 8.95. The zero-order chi connectivity index (χ0) is 13.7. The third-order valence-corrected chi connectivity index (χ3v) is 3.52. The minimum absolute atomic E-state index is 0.228. The molecule has 1 fully saturated rings. The molecule has 0 bridgehead atoms. The van der Waals surface area contributed by atoms with E-state index in [0.717, 1.165) is 49.9 Å². The molecule has 106 valence electrons. The van der Waals surface area contributed by atoms with E-state index in [1.807, 2.05) is 18.2 Å². The number of methoxy groups -OCH3 is 2. The van der Waals surface area contributed by atoms with E-state index < -0.39 is 0 Å². The first-order chi connectivity index (χ1) is 9.28. The lowest BCUT2D eigenvalue weighted by Gasteiger charge is -2.36. The number of ether oxygens (including phenoxy) is 2. The van der Waals surface area contributed by atoms with Crippen molar-refractivity contribution in [2.45, 2.75) is 0 Å². The van der Waals surface area contributed by atoms with E-state index in [1.54, 1.807) is 14.2 Å². The van der Waals surface area contributed by atoms with Crippen molar-refractivity contribution in [3.63, 3.8) is 0 Å². The number of hydrogen-bond acceptors (Lipinski definition) is 5. The van der Waals surface area contributed by atoms with Crippen LogP contribution in [0, 0.1) is 0 Å². The average molecular weight is 266 g/mol. The Hall–Kier alpha value is -1.46. The van der Waals surface area contributed by atoms with Gasteiger partial charge in [-0.05, 0) is 12.1 Å². The minimum Gasteiger partial charge on any atom is -0.497 e. The molecule has 0 unspecified atom stereocenters. The first-order valence-corrected chi connectivity index (χ1v) is 6.58. The molecule has 1 aromatic carbocycles. The predicted octanol–water partition coefficient (Wildman–Crippen LogP) is 0.818. The molecule has 0 amide bonds. The van der Waals surface area contributed by atoms with Gasteiger partial charge in [0.1, 0.15) is 11.5 Å². The molecule has 5 heteroatoms. The third kappa shape index (κ3) is 3.30. The molecule has 0 aromatic heterocycles. The van der Waals surface area contributed by atoms with Crippen LogP contribution in [0.1, 0.15) is 0 Å². The molecule has 5 nitrogen and oxygen atoms in total. The molecule has 1 saturated heterocycles. The Morgan fingerprint density at radius 2 is 1.84 bits per heavy atom. The Labute approximate surface area is 114 Å². The molecular weight excluding hydrogens is 244 g/mol. The fourth-order valence-electron chi connectivity index (χ4n) is 2.40. The maximum Gasteiger partial charge on any atom is 0.145 e. The van der Waals surface area contributed by atoms with E-state index in [0.29, 0.717) is 0 Å². The number of anilines is 1. The van der Waals surface area contributed by atoms with Gasteiger partial charge in [0, 0.05) is 38.8 Å². The van der Waals surface area contributed by atoms with Crippen molar-refractivity contribution < 1.29 is 14.6 Å². The third-order valence-electron chi connectivity index (χ3n) is 3.52. The number of aliphatic hydroxyl groups excluding tert-OH is 1. The van der Waals surface area contributed by atoms with Crippen molar-refractivity contribution in [2.24, 2.45) is 0 Å². The number of benzene rings is 1. The van der Waals surface area contributed by atoms with Gasteiger partial charge in [-0.2, -0.15) is 0 Å². The summed E-state index contributed by atoms with van der Waals surface area (Å²) in [6, 6.07) is 5.91. The van der Waals surface area contributed by atoms with Crippen LogP contribution in [0.2, 0.25) is 0 Å². The van der Waals surface area contributed by atoms with Gasteiger partial charge in [-0.3, -0.25) is 4.90 Å². The Morgan fingerprint density at radius 1 is 1.11 bits per heavy atom. The van der Waals surface area contributed by atoms with Gasteiger partial charge in [0.15, 0.2) is 0 Å². The van der Waals surface area contributed by atoms with Crippen LogP contribution in [0.4, 0.5) is 5.69 Å². The van der Waals surface area contributed by atoms with Gasteiger partial charge in [-0.15, -0.1) is 0 Å². The van der Waals surface area contributed by atoms with Crippen molar-refractivity contribution >= 4 is 5.69 Å². The summed E-state index contributed by atoms with van der Waals surface area (Å²) >= 11 is 0. The Balaban J connectivity index is 2.06. The number of aliphatic hydroxyl groups is 1. The lowest BCUT2D eigenvalue weighted by molar-refractivity contribution is 0.188. The fraction of sp³-hybridized carbons (Fsp3) is 0.571. The predicted molar refractivity (Wildman–Crippen MR) is 75.3 cm³/mol. The minimum atomic E-state index is 0.228. The van der Waals surface area contributed by atoms with Gasteiger partial charge in [-0.25, -0.2) is 0 Å². The highest BCUT2D eigenvalue weighted by Crippen LogP contribution is 2.32. The number of piperazine rings is 1. The van der Waals surface area contributed by atoms with E-state index in [1.165, 1.54) is 0 Å². The van der Waals surface area contributed by atoms with Crippen molar-refractivity contribution in [2.75, 3.05) is 58.5 Å². The number of β-amino-alcohol motifs (C(OH)–C–C–N with tert-alkyl or cyclic N) is 1. The topological polar surface area (TPSA) is 45.2 Å². The maximum absolute atomic E-state index is 8.95. The van der Waals surface area contributed by atoms with Gasteiger partial charge in [0.05, 0.1) is 26.5 Å². The molecule has 1 heterocycles. The highest BCUT2D eigenvalue weighted by molar-refractivity contribution is 5.61. The summed E-state index contributed by atoms with van der Waals surface area (Å²) in [6.45, 7) is 4.82. The van der Waals surface area contributed by atoms with E-state index >= 15 is 0 Å².